The average Bonchev–Trinajstić information content (AvgIpc) is 2.71. The molecule has 1 aliphatic heterocycles. The van der Waals surface area contributed by atoms with Gasteiger partial charge in [0.1, 0.15) is 11.6 Å². The highest BCUT2D eigenvalue weighted by Gasteiger charge is 2.40. The molecule has 1 amide bonds. The molecule has 0 aromatic heterocycles. The third-order valence-electron chi connectivity index (χ3n) is 2.43. The van der Waals surface area contributed by atoms with E-state index in [2.05, 4.69) is 17.9 Å². The second-order valence-corrected chi connectivity index (χ2v) is 5.17. The molecule has 6 nitrogen and oxygen atoms in total. The molecule has 1 aliphatic rings. The number of hydrogen-bond acceptors (Lipinski definition) is 5. The summed E-state index contributed by atoms with van der Waals surface area (Å²) >= 11 is 0. The number of nitrogens with zero attached hydrogens (tertiary/aromatic N) is 1. The van der Waals surface area contributed by atoms with Gasteiger partial charge in [-0.2, -0.15) is 0 Å². The Bertz CT molecular complexity index is 325. The highest BCUT2D eigenvalue weighted by Crippen LogP contribution is 2.21. The van der Waals surface area contributed by atoms with Crippen molar-refractivity contribution in [1.29, 1.82) is 0 Å². The van der Waals surface area contributed by atoms with Crippen LogP contribution in [-0.2, 0) is 14.3 Å². The van der Waals surface area contributed by atoms with Crippen LogP contribution in [0.15, 0.2) is 13.2 Å². The first-order chi connectivity index (χ1) is 8.74. The van der Waals surface area contributed by atoms with E-state index in [9.17, 15) is 9.59 Å². The Morgan fingerprint density at radius 2 is 1.84 bits per heavy atom. The monoisotopic (exact) mass is 272 g/mol. The minimum absolute atomic E-state index is 0.216. The Balaban J connectivity index is 0.00000154. The highest BCUT2D eigenvalue weighted by atomic mass is 16.6. The van der Waals surface area contributed by atoms with Crippen molar-refractivity contribution in [2.24, 2.45) is 5.73 Å². The van der Waals surface area contributed by atoms with Crippen molar-refractivity contribution in [2.75, 3.05) is 13.7 Å². The molecule has 0 bridgehead atoms. The number of rotatable bonds is 1. The zero-order chi connectivity index (χ0) is 15.2. The summed E-state index contributed by atoms with van der Waals surface area (Å²) in [4.78, 5) is 24.7. The smallest absolute Gasteiger partial charge is 0.411 e. The number of amides is 1. The first-order valence-electron chi connectivity index (χ1n) is 6.07. The molecule has 0 aromatic rings. The van der Waals surface area contributed by atoms with Gasteiger partial charge in [-0.25, -0.2) is 9.59 Å². The van der Waals surface area contributed by atoms with Gasteiger partial charge in [0.25, 0.3) is 0 Å². The lowest BCUT2D eigenvalue weighted by molar-refractivity contribution is -0.145. The maximum Gasteiger partial charge on any atom is 0.411 e. The summed E-state index contributed by atoms with van der Waals surface area (Å²) in [6.07, 6.45) is -0.118. The molecule has 0 saturated carbocycles. The largest absolute Gasteiger partial charge is 0.467 e. The van der Waals surface area contributed by atoms with Crippen LogP contribution in [0.4, 0.5) is 4.79 Å². The molecule has 6 heteroatoms. The highest BCUT2D eigenvalue weighted by molar-refractivity contribution is 5.82. The summed E-state index contributed by atoms with van der Waals surface area (Å²) in [6.45, 7) is 11.6. The first-order valence-corrected chi connectivity index (χ1v) is 6.07. The van der Waals surface area contributed by atoms with Crippen molar-refractivity contribution in [3.63, 3.8) is 0 Å². The second kappa shape index (κ2) is 7.13. The fraction of sp³-hybridized carbons (Fsp3) is 0.692. The van der Waals surface area contributed by atoms with E-state index < -0.39 is 23.7 Å². The van der Waals surface area contributed by atoms with E-state index >= 15 is 0 Å². The van der Waals surface area contributed by atoms with Crippen molar-refractivity contribution in [3.8, 4) is 0 Å². The van der Waals surface area contributed by atoms with Crippen LogP contribution >= 0.6 is 0 Å². The summed E-state index contributed by atoms with van der Waals surface area (Å²) in [5, 5.41) is 0. The van der Waals surface area contributed by atoms with Crippen molar-refractivity contribution in [2.45, 2.75) is 44.9 Å². The van der Waals surface area contributed by atoms with Gasteiger partial charge in [-0.1, -0.05) is 0 Å². The molecule has 2 unspecified atom stereocenters. The predicted molar refractivity (Wildman–Crippen MR) is 72.6 cm³/mol. The molecular weight excluding hydrogens is 248 g/mol. The summed E-state index contributed by atoms with van der Waals surface area (Å²) in [5.41, 5.74) is 5.16. The number of likely N-dealkylation sites (tertiary alicyclic amines) is 1. The van der Waals surface area contributed by atoms with Gasteiger partial charge in [-0.05, 0) is 27.2 Å². The van der Waals surface area contributed by atoms with Gasteiger partial charge in [0.15, 0.2) is 0 Å². The van der Waals surface area contributed by atoms with Gasteiger partial charge < -0.3 is 15.2 Å². The van der Waals surface area contributed by atoms with E-state index in [4.69, 9.17) is 10.5 Å². The van der Waals surface area contributed by atoms with Crippen molar-refractivity contribution < 1.29 is 19.1 Å². The van der Waals surface area contributed by atoms with Crippen LogP contribution in [-0.4, -0.2) is 48.3 Å². The van der Waals surface area contributed by atoms with E-state index in [1.165, 1.54) is 12.0 Å². The molecule has 2 N–H and O–H groups in total. The quantitative estimate of drug-likeness (QED) is 0.574. The molecule has 110 valence electrons. The zero-order valence-electron chi connectivity index (χ0n) is 12.1. The summed E-state index contributed by atoms with van der Waals surface area (Å²) in [5.74, 6) is -0.455. The number of ether oxygens (including phenoxy) is 2. The van der Waals surface area contributed by atoms with E-state index in [-0.39, 0.29) is 6.04 Å². The number of nitrogens with two attached hydrogens (primary N) is 1. The lowest BCUT2D eigenvalue weighted by Gasteiger charge is -2.27. The van der Waals surface area contributed by atoms with Crippen molar-refractivity contribution in [3.05, 3.63) is 13.2 Å². The normalized spacial score (nSPS) is 22.3. The fourth-order valence-corrected chi connectivity index (χ4v) is 1.75. The lowest BCUT2D eigenvalue weighted by atomic mass is 10.2. The van der Waals surface area contributed by atoms with Crippen LogP contribution in [0.1, 0.15) is 27.2 Å². The first kappa shape index (κ1) is 17.4. The standard InChI is InChI=1S/C11H20N2O4.C2H4/c1-11(2,3)17-10(15)13-6-7(12)5-8(13)9(14)16-4;1-2/h7-8H,5-6,12H2,1-4H3;1-2H2. The summed E-state index contributed by atoms with van der Waals surface area (Å²) < 4.78 is 9.87. The lowest BCUT2D eigenvalue weighted by Crippen LogP contribution is -2.44. The van der Waals surface area contributed by atoms with E-state index in [0.29, 0.717) is 13.0 Å². The molecule has 0 aromatic carbocycles. The molecule has 0 radical (unpaired) electrons. The molecule has 0 spiro atoms. The van der Waals surface area contributed by atoms with Crippen LogP contribution in [0.25, 0.3) is 0 Å². The van der Waals surface area contributed by atoms with Gasteiger partial charge in [-0.15, -0.1) is 13.2 Å². The van der Waals surface area contributed by atoms with Crippen LogP contribution in [0, 0.1) is 0 Å². The third kappa shape index (κ3) is 5.30. The van der Waals surface area contributed by atoms with Crippen LogP contribution < -0.4 is 5.73 Å². The van der Waals surface area contributed by atoms with Gasteiger partial charge in [0, 0.05) is 12.6 Å². The maximum absolute atomic E-state index is 11.9. The Kier molecular flexibility index (Phi) is 6.55. The molecule has 2 atom stereocenters. The number of methoxy groups -OCH3 is 1. The summed E-state index contributed by atoms with van der Waals surface area (Å²) in [6, 6.07) is -0.850. The zero-order valence-corrected chi connectivity index (χ0v) is 12.1. The summed E-state index contributed by atoms with van der Waals surface area (Å²) in [7, 11) is 1.29. The Labute approximate surface area is 114 Å². The number of hydrogen-bond donors (Lipinski definition) is 1. The second-order valence-electron chi connectivity index (χ2n) is 5.17. The van der Waals surface area contributed by atoms with Gasteiger partial charge in [0.2, 0.25) is 0 Å². The molecule has 1 fully saturated rings. The predicted octanol–water partition coefficient (Wildman–Crippen LogP) is 1.30. The molecule has 1 rings (SSSR count). The minimum atomic E-state index is -0.634. The van der Waals surface area contributed by atoms with Crippen molar-refractivity contribution in [1.82, 2.24) is 4.90 Å². The van der Waals surface area contributed by atoms with Gasteiger partial charge >= 0.3 is 12.1 Å². The molecule has 19 heavy (non-hydrogen) atoms. The Morgan fingerprint density at radius 1 is 1.32 bits per heavy atom. The molecule has 1 saturated heterocycles. The number of carbonyl (C=O) groups is 2. The molecular formula is C13H24N2O4. The SMILES string of the molecule is C=C.COC(=O)C1CC(N)CN1C(=O)OC(C)(C)C. The fourth-order valence-electron chi connectivity index (χ4n) is 1.75. The van der Waals surface area contributed by atoms with E-state index in [1.807, 2.05) is 0 Å². The van der Waals surface area contributed by atoms with E-state index in [1.54, 1.807) is 20.8 Å². The average molecular weight is 272 g/mol. The van der Waals surface area contributed by atoms with Gasteiger partial charge in [0.05, 0.1) is 7.11 Å². The van der Waals surface area contributed by atoms with Crippen LogP contribution in [0.2, 0.25) is 0 Å². The Morgan fingerprint density at radius 3 is 2.26 bits per heavy atom. The van der Waals surface area contributed by atoms with Crippen LogP contribution in [0.5, 0.6) is 0 Å². The minimum Gasteiger partial charge on any atom is -0.467 e. The van der Waals surface area contributed by atoms with Crippen LogP contribution in [0.3, 0.4) is 0 Å². The van der Waals surface area contributed by atoms with E-state index in [0.717, 1.165) is 0 Å². The topological polar surface area (TPSA) is 81.9 Å². The molecule has 0 aliphatic carbocycles. The number of carbonyl (C=O) groups excluding carboxylic acids is 2. The van der Waals surface area contributed by atoms with Crippen molar-refractivity contribution >= 4 is 12.1 Å². The van der Waals surface area contributed by atoms with Gasteiger partial charge in [-0.3, -0.25) is 4.90 Å². The third-order valence-corrected chi connectivity index (χ3v) is 2.43. The maximum atomic E-state index is 11.9. The molecule has 1 heterocycles. The number of esters is 1. The Hall–Kier alpha value is -1.56.